The number of nitrogens with one attached hydrogen (secondary N) is 1. The smallest absolute Gasteiger partial charge is 0.414 e. The first-order valence-electron chi connectivity index (χ1n) is 5.02. The maximum Gasteiger partial charge on any atom is 0.414 e. The molecule has 0 bridgehead atoms. The van der Waals surface area contributed by atoms with Crippen LogP contribution in [0.15, 0.2) is 12.3 Å². The molecule has 1 N–H and O–H groups in total. The molecule has 0 aromatic carbocycles. The summed E-state index contributed by atoms with van der Waals surface area (Å²) in [5.74, 6) is 1.18. The maximum atomic E-state index is 11.5. The molecule has 1 aromatic heterocycles. The number of aromatic amines is 1. The Kier molecular flexibility index (Phi) is 2.84. The SMILES string of the molecule is C=C(C)OC(=O)N1CC[C@@H](c2nn[nH]n2)C1. The summed E-state index contributed by atoms with van der Waals surface area (Å²) in [4.78, 5) is 13.2. The molecule has 2 rings (SSSR count). The zero-order chi connectivity index (χ0) is 11.5. The van der Waals surface area contributed by atoms with Crippen LogP contribution in [0.3, 0.4) is 0 Å². The molecule has 0 unspecified atom stereocenters. The van der Waals surface area contributed by atoms with Crippen LogP contribution in [-0.2, 0) is 4.74 Å². The highest BCUT2D eigenvalue weighted by Crippen LogP contribution is 2.24. The van der Waals surface area contributed by atoms with Crippen molar-refractivity contribution in [3.05, 3.63) is 18.2 Å². The molecule has 1 aliphatic heterocycles. The molecule has 0 aliphatic carbocycles. The third-order valence-corrected chi connectivity index (χ3v) is 2.43. The molecule has 1 aromatic rings. The van der Waals surface area contributed by atoms with Crippen LogP contribution < -0.4 is 0 Å². The second kappa shape index (κ2) is 4.30. The molecule has 7 heteroatoms. The second-order valence-corrected chi connectivity index (χ2v) is 3.77. The number of amides is 1. The molecule has 7 nitrogen and oxygen atoms in total. The van der Waals surface area contributed by atoms with E-state index >= 15 is 0 Å². The zero-order valence-electron chi connectivity index (χ0n) is 9.01. The number of ether oxygens (including phenoxy) is 1. The van der Waals surface area contributed by atoms with Gasteiger partial charge >= 0.3 is 6.09 Å². The van der Waals surface area contributed by atoms with E-state index in [1.165, 1.54) is 0 Å². The van der Waals surface area contributed by atoms with Gasteiger partial charge in [0, 0.05) is 19.0 Å². The number of aromatic nitrogens is 4. The van der Waals surface area contributed by atoms with Crippen LogP contribution in [0.4, 0.5) is 4.79 Å². The monoisotopic (exact) mass is 223 g/mol. The van der Waals surface area contributed by atoms with Gasteiger partial charge in [-0.15, -0.1) is 10.2 Å². The molecule has 0 saturated carbocycles. The molecule has 86 valence electrons. The summed E-state index contributed by atoms with van der Waals surface area (Å²) in [5.41, 5.74) is 0. The Bertz CT molecular complexity index is 389. The minimum atomic E-state index is -0.363. The summed E-state index contributed by atoms with van der Waals surface area (Å²) in [5, 5.41) is 13.7. The summed E-state index contributed by atoms with van der Waals surface area (Å²) in [6, 6.07) is 0. The lowest BCUT2D eigenvalue weighted by molar-refractivity contribution is 0.138. The number of allylic oxidation sites excluding steroid dienone is 1. The Morgan fingerprint density at radius 1 is 1.69 bits per heavy atom. The Morgan fingerprint density at radius 3 is 3.12 bits per heavy atom. The summed E-state index contributed by atoms with van der Waals surface area (Å²) >= 11 is 0. The standard InChI is InChI=1S/C9H13N5O2/c1-6(2)16-9(15)14-4-3-7(5-14)8-10-12-13-11-8/h7H,1,3-5H2,2H3,(H,10,11,12,13)/t7-/m1/s1. The third-order valence-electron chi connectivity index (χ3n) is 2.43. The van der Waals surface area contributed by atoms with E-state index in [4.69, 9.17) is 4.74 Å². The van der Waals surface area contributed by atoms with E-state index in [2.05, 4.69) is 27.2 Å². The van der Waals surface area contributed by atoms with Crippen molar-refractivity contribution in [3.63, 3.8) is 0 Å². The van der Waals surface area contributed by atoms with E-state index in [9.17, 15) is 4.79 Å². The van der Waals surface area contributed by atoms with Crippen LogP contribution in [-0.4, -0.2) is 44.7 Å². The number of nitrogens with zero attached hydrogens (tertiary/aromatic N) is 4. The van der Waals surface area contributed by atoms with E-state index < -0.39 is 0 Å². The van der Waals surface area contributed by atoms with Crippen molar-refractivity contribution in [2.45, 2.75) is 19.3 Å². The van der Waals surface area contributed by atoms with Crippen molar-refractivity contribution in [2.75, 3.05) is 13.1 Å². The van der Waals surface area contributed by atoms with Gasteiger partial charge in [0.05, 0.1) is 5.76 Å². The van der Waals surface area contributed by atoms with E-state index in [1.807, 2.05) is 0 Å². The van der Waals surface area contributed by atoms with E-state index in [0.717, 1.165) is 6.42 Å². The highest BCUT2D eigenvalue weighted by atomic mass is 16.6. The van der Waals surface area contributed by atoms with Gasteiger partial charge in [-0.2, -0.15) is 5.21 Å². The van der Waals surface area contributed by atoms with Crippen LogP contribution in [0.2, 0.25) is 0 Å². The van der Waals surface area contributed by atoms with Gasteiger partial charge in [-0.3, -0.25) is 0 Å². The molecule has 2 heterocycles. The van der Waals surface area contributed by atoms with Crippen LogP contribution in [0, 0.1) is 0 Å². The number of carbonyl (C=O) groups is 1. The van der Waals surface area contributed by atoms with Gasteiger partial charge < -0.3 is 9.64 Å². The summed E-state index contributed by atoms with van der Waals surface area (Å²) < 4.78 is 4.93. The fraction of sp³-hybridized carbons (Fsp3) is 0.556. The van der Waals surface area contributed by atoms with Crippen molar-refractivity contribution < 1.29 is 9.53 Å². The number of carbonyl (C=O) groups excluding carboxylic acids is 1. The van der Waals surface area contributed by atoms with E-state index in [-0.39, 0.29) is 12.0 Å². The molecule has 0 radical (unpaired) electrons. The fourth-order valence-corrected chi connectivity index (χ4v) is 1.69. The largest absolute Gasteiger partial charge is 0.416 e. The molecule has 1 saturated heterocycles. The summed E-state index contributed by atoms with van der Waals surface area (Å²) in [6.07, 6.45) is 0.462. The van der Waals surface area contributed by atoms with Gasteiger partial charge in [0.1, 0.15) is 0 Å². The average molecular weight is 223 g/mol. The number of tetrazole rings is 1. The van der Waals surface area contributed by atoms with Gasteiger partial charge in [0.15, 0.2) is 5.82 Å². The van der Waals surface area contributed by atoms with Gasteiger partial charge in [-0.25, -0.2) is 4.79 Å². The first-order valence-corrected chi connectivity index (χ1v) is 5.02. The van der Waals surface area contributed by atoms with Gasteiger partial charge in [0.25, 0.3) is 0 Å². The molecule has 16 heavy (non-hydrogen) atoms. The fourth-order valence-electron chi connectivity index (χ4n) is 1.69. The zero-order valence-corrected chi connectivity index (χ0v) is 9.01. The maximum absolute atomic E-state index is 11.5. The topological polar surface area (TPSA) is 84.0 Å². The highest BCUT2D eigenvalue weighted by Gasteiger charge is 2.30. The lowest BCUT2D eigenvalue weighted by Gasteiger charge is -2.15. The molecule has 1 fully saturated rings. The number of hydrogen-bond acceptors (Lipinski definition) is 5. The minimum absolute atomic E-state index is 0.136. The Labute approximate surface area is 92.5 Å². The lowest BCUT2D eigenvalue weighted by Crippen LogP contribution is -2.28. The number of H-pyrrole nitrogens is 1. The Balaban J connectivity index is 1.93. The van der Waals surface area contributed by atoms with E-state index in [1.54, 1.807) is 11.8 Å². The van der Waals surface area contributed by atoms with E-state index in [0.29, 0.717) is 24.7 Å². The second-order valence-electron chi connectivity index (χ2n) is 3.77. The number of rotatable bonds is 2. The van der Waals surface area contributed by atoms with Crippen molar-refractivity contribution in [1.29, 1.82) is 0 Å². The third kappa shape index (κ3) is 2.18. The molecule has 1 aliphatic rings. The molecular weight excluding hydrogens is 210 g/mol. The molecule has 0 spiro atoms. The predicted octanol–water partition coefficient (Wildman–Crippen LogP) is 0.659. The molecule has 1 amide bonds. The van der Waals surface area contributed by atoms with Gasteiger partial charge in [-0.1, -0.05) is 11.8 Å². The van der Waals surface area contributed by atoms with Crippen molar-refractivity contribution in [1.82, 2.24) is 25.5 Å². The number of hydrogen-bond donors (Lipinski definition) is 1. The molecular formula is C9H13N5O2. The minimum Gasteiger partial charge on any atom is -0.416 e. The Morgan fingerprint density at radius 2 is 2.50 bits per heavy atom. The van der Waals surface area contributed by atoms with Crippen LogP contribution in [0.5, 0.6) is 0 Å². The first kappa shape index (κ1) is 10.6. The van der Waals surface area contributed by atoms with Gasteiger partial charge in [0.2, 0.25) is 0 Å². The first-order chi connectivity index (χ1) is 7.66. The quantitative estimate of drug-likeness (QED) is 0.744. The predicted molar refractivity (Wildman–Crippen MR) is 54.4 cm³/mol. The normalized spacial score (nSPS) is 19.8. The van der Waals surface area contributed by atoms with Gasteiger partial charge in [-0.05, 0) is 13.3 Å². The highest BCUT2D eigenvalue weighted by molar-refractivity contribution is 5.69. The lowest BCUT2D eigenvalue weighted by atomic mass is 10.1. The average Bonchev–Trinajstić information content (AvgIpc) is 2.87. The van der Waals surface area contributed by atoms with Crippen LogP contribution in [0.1, 0.15) is 25.1 Å². The summed E-state index contributed by atoms with van der Waals surface area (Å²) in [7, 11) is 0. The molecule has 1 atom stereocenters. The van der Waals surface area contributed by atoms with Crippen LogP contribution in [0.25, 0.3) is 0 Å². The van der Waals surface area contributed by atoms with Crippen molar-refractivity contribution in [3.8, 4) is 0 Å². The van der Waals surface area contributed by atoms with Crippen molar-refractivity contribution >= 4 is 6.09 Å². The van der Waals surface area contributed by atoms with Crippen molar-refractivity contribution in [2.24, 2.45) is 0 Å². The summed E-state index contributed by atoms with van der Waals surface area (Å²) in [6.45, 7) is 6.37. The Hall–Kier alpha value is -1.92. The number of likely N-dealkylation sites (tertiary alicyclic amines) is 1. The van der Waals surface area contributed by atoms with Crippen LogP contribution >= 0.6 is 0 Å².